The highest BCUT2D eigenvalue weighted by atomic mass is 32.1. The highest BCUT2D eigenvalue weighted by molar-refractivity contribution is 7.14. The van der Waals surface area contributed by atoms with Crippen LogP contribution in [0.3, 0.4) is 0 Å². The molecular weight excluding hydrogens is 322 g/mol. The van der Waals surface area contributed by atoms with Crippen LogP contribution in [0.5, 0.6) is 0 Å². The summed E-state index contributed by atoms with van der Waals surface area (Å²) in [6.07, 6.45) is 2.29. The van der Waals surface area contributed by atoms with Gasteiger partial charge in [0.15, 0.2) is 5.96 Å². The molecule has 0 aromatic carbocycles. The lowest BCUT2D eigenvalue weighted by molar-refractivity contribution is 0.162. The smallest absolute Gasteiger partial charge is 0.191 e. The summed E-state index contributed by atoms with van der Waals surface area (Å²) in [5.41, 5.74) is 0. The van der Waals surface area contributed by atoms with Crippen molar-refractivity contribution in [2.75, 3.05) is 65.4 Å². The molecule has 0 aliphatic carbocycles. The lowest BCUT2D eigenvalue weighted by atomic mass is 10.1. The first-order chi connectivity index (χ1) is 11.7. The van der Waals surface area contributed by atoms with Crippen LogP contribution in [0.4, 0.5) is 5.00 Å². The summed E-state index contributed by atoms with van der Waals surface area (Å²) in [6, 6.07) is 4.83. The third-order valence-electron chi connectivity index (χ3n) is 4.34. The maximum absolute atomic E-state index is 5.10. The number of hydrogen-bond acceptors (Lipinski definition) is 5. The number of nitrogens with one attached hydrogen (secondary N) is 2. The lowest BCUT2D eigenvalue weighted by Crippen LogP contribution is -2.49. The van der Waals surface area contributed by atoms with Gasteiger partial charge in [-0.05, 0) is 37.4 Å². The first-order valence-electron chi connectivity index (χ1n) is 8.66. The van der Waals surface area contributed by atoms with E-state index in [0.29, 0.717) is 6.04 Å². The van der Waals surface area contributed by atoms with Gasteiger partial charge >= 0.3 is 0 Å². The fourth-order valence-electron chi connectivity index (χ4n) is 2.81. The van der Waals surface area contributed by atoms with E-state index >= 15 is 0 Å². The van der Waals surface area contributed by atoms with Gasteiger partial charge in [-0.2, -0.15) is 0 Å². The molecule has 1 aromatic heterocycles. The number of anilines is 1. The van der Waals surface area contributed by atoms with Crippen LogP contribution in [0.1, 0.15) is 12.8 Å². The monoisotopic (exact) mass is 353 g/mol. The van der Waals surface area contributed by atoms with E-state index in [1.165, 1.54) is 5.00 Å². The predicted octanol–water partition coefficient (Wildman–Crippen LogP) is 1.46. The standard InChI is InChI=1S/C17H31N5OS/c1-18-17(19-8-11-21(2)12-13-23-3)20-15-6-9-22(10-7-15)16-5-4-14-24-16/h4-5,14-15H,6-13H2,1-3H3,(H2,18,19,20). The highest BCUT2D eigenvalue weighted by Crippen LogP contribution is 2.24. The summed E-state index contributed by atoms with van der Waals surface area (Å²) in [5, 5.41) is 10.5. The molecule has 0 bridgehead atoms. The van der Waals surface area contributed by atoms with E-state index in [1.54, 1.807) is 7.11 Å². The van der Waals surface area contributed by atoms with Crippen LogP contribution in [-0.2, 0) is 4.74 Å². The van der Waals surface area contributed by atoms with E-state index in [4.69, 9.17) is 4.74 Å². The number of hydrogen-bond donors (Lipinski definition) is 2. The topological polar surface area (TPSA) is 52.1 Å². The molecule has 24 heavy (non-hydrogen) atoms. The Hall–Kier alpha value is -1.31. The summed E-state index contributed by atoms with van der Waals surface area (Å²) < 4.78 is 5.10. The van der Waals surface area contributed by atoms with Crippen molar-refractivity contribution in [2.45, 2.75) is 18.9 Å². The lowest BCUT2D eigenvalue weighted by Gasteiger charge is -2.33. The van der Waals surface area contributed by atoms with Gasteiger partial charge < -0.3 is 25.2 Å². The number of methoxy groups -OCH3 is 1. The Morgan fingerprint density at radius 2 is 2.21 bits per heavy atom. The van der Waals surface area contributed by atoms with Crippen molar-refractivity contribution in [1.29, 1.82) is 0 Å². The van der Waals surface area contributed by atoms with E-state index in [9.17, 15) is 0 Å². The Balaban J connectivity index is 1.65. The predicted molar refractivity (Wildman–Crippen MR) is 103 cm³/mol. The molecule has 0 atom stereocenters. The fourth-order valence-corrected chi connectivity index (χ4v) is 3.59. The summed E-state index contributed by atoms with van der Waals surface area (Å²) in [5.74, 6) is 0.907. The van der Waals surface area contributed by atoms with E-state index in [-0.39, 0.29) is 0 Å². The van der Waals surface area contributed by atoms with Gasteiger partial charge in [0.05, 0.1) is 11.6 Å². The molecule has 1 saturated heterocycles. The van der Waals surface area contributed by atoms with Gasteiger partial charge in [0.1, 0.15) is 0 Å². The number of guanidine groups is 1. The molecule has 0 saturated carbocycles. The summed E-state index contributed by atoms with van der Waals surface area (Å²) in [4.78, 5) is 9.08. The molecule has 7 heteroatoms. The molecule has 0 radical (unpaired) electrons. The highest BCUT2D eigenvalue weighted by Gasteiger charge is 2.20. The third kappa shape index (κ3) is 6.30. The molecule has 1 aliphatic rings. The quantitative estimate of drug-likeness (QED) is 0.547. The summed E-state index contributed by atoms with van der Waals surface area (Å²) in [6.45, 7) is 5.79. The molecule has 1 aliphatic heterocycles. The Morgan fingerprint density at radius 3 is 2.83 bits per heavy atom. The van der Waals surface area contributed by atoms with E-state index in [1.807, 2.05) is 18.4 Å². The zero-order chi connectivity index (χ0) is 17.2. The Bertz CT molecular complexity index is 471. The number of ether oxygens (including phenoxy) is 1. The molecular formula is C17H31N5OS. The average molecular weight is 354 g/mol. The second-order valence-corrected chi connectivity index (χ2v) is 7.08. The Kier molecular flexibility index (Phi) is 8.35. The molecule has 0 spiro atoms. The zero-order valence-electron chi connectivity index (χ0n) is 15.1. The van der Waals surface area contributed by atoms with E-state index in [0.717, 1.165) is 58.1 Å². The first-order valence-corrected chi connectivity index (χ1v) is 9.54. The second kappa shape index (κ2) is 10.5. The third-order valence-corrected chi connectivity index (χ3v) is 5.27. The van der Waals surface area contributed by atoms with Gasteiger partial charge in [-0.25, -0.2) is 0 Å². The molecule has 6 nitrogen and oxygen atoms in total. The van der Waals surface area contributed by atoms with E-state index < -0.39 is 0 Å². The summed E-state index contributed by atoms with van der Waals surface area (Å²) >= 11 is 1.82. The molecule has 2 heterocycles. The van der Waals surface area contributed by atoms with Crippen molar-refractivity contribution < 1.29 is 4.74 Å². The van der Waals surface area contributed by atoms with E-state index in [2.05, 4.69) is 50.0 Å². The van der Waals surface area contributed by atoms with Crippen molar-refractivity contribution in [3.63, 3.8) is 0 Å². The summed E-state index contributed by atoms with van der Waals surface area (Å²) in [7, 11) is 5.68. The zero-order valence-corrected chi connectivity index (χ0v) is 15.9. The van der Waals surface area contributed by atoms with Crippen LogP contribution in [0.2, 0.25) is 0 Å². The molecule has 0 unspecified atom stereocenters. The minimum absolute atomic E-state index is 0.499. The second-order valence-electron chi connectivity index (χ2n) is 6.15. The van der Waals surface area contributed by atoms with Crippen molar-refractivity contribution in [1.82, 2.24) is 15.5 Å². The number of thiophene rings is 1. The molecule has 1 fully saturated rings. The maximum Gasteiger partial charge on any atom is 0.191 e. The number of nitrogens with zero attached hydrogens (tertiary/aromatic N) is 3. The van der Waals surface area contributed by atoms with Crippen LogP contribution in [-0.4, -0.2) is 77.4 Å². The number of likely N-dealkylation sites (N-methyl/N-ethyl adjacent to an activating group) is 1. The van der Waals surface area contributed by atoms with Crippen LogP contribution in [0, 0.1) is 0 Å². The normalized spacial score (nSPS) is 16.7. The average Bonchev–Trinajstić information content (AvgIpc) is 3.14. The molecule has 1 aromatic rings. The van der Waals surface area contributed by atoms with Gasteiger partial charge in [-0.3, -0.25) is 4.99 Å². The minimum Gasteiger partial charge on any atom is -0.383 e. The van der Waals surface area contributed by atoms with Crippen LogP contribution in [0.25, 0.3) is 0 Å². The Morgan fingerprint density at radius 1 is 1.42 bits per heavy atom. The van der Waals surface area contributed by atoms with Gasteiger partial charge in [0, 0.05) is 52.9 Å². The minimum atomic E-state index is 0.499. The van der Waals surface area contributed by atoms with Crippen molar-refractivity contribution in [3.8, 4) is 0 Å². The molecule has 2 N–H and O–H groups in total. The molecule has 0 amide bonds. The van der Waals surface area contributed by atoms with Crippen LogP contribution in [0.15, 0.2) is 22.5 Å². The first kappa shape index (κ1) is 19.0. The molecule has 136 valence electrons. The number of piperidine rings is 1. The molecule has 2 rings (SSSR count). The van der Waals surface area contributed by atoms with Crippen molar-refractivity contribution in [3.05, 3.63) is 17.5 Å². The fraction of sp³-hybridized carbons (Fsp3) is 0.706. The SMILES string of the molecule is CN=C(NCCN(C)CCOC)NC1CCN(c2cccs2)CC1. The van der Waals surface area contributed by atoms with Gasteiger partial charge in [-0.15, -0.1) is 11.3 Å². The van der Waals surface area contributed by atoms with Crippen LogP contribution < -0.4 is 15.5 Å². The van der Waals surface area contributed by atoms with Crippen molar-refractivity contribution >= 4 is 22.3 Å². The van der Waals surface area contributed by atoms with Crippen LogP contribution >= 0.6 is 11.3 Å². The van der Waals surface area contributed by atoms with Gasteiger partial charge in [0.2, 0.25) is 0 Å². The largest absolute Gasteiger partial charge is 0.383 e. The van der Waals surface area contributed by atoms with Crippen molar-refractivity contribution in [2.24, 2.45) is 4.99 Å². The number of rotatable bonds is 8. The number of aliphatic imine (C=N–C) groups is 1. The Labute approximate surface area is 149 Å². The maximum atomic E-state index is 5.10. The van der Waals surface area contributed by atoms with Gasteiger partial charge in [0.25, 0.3) is 0 Å². The van der Waals surface area contributed by atoms with Gasteiger partial charge in [-0.1, -0.05) is 0 Å².